The fraction of sp³-hybridized carbons (Fsp3) is 0.357. The van der Waals surface area contributed by atoms with Gasteiger partial charge in [0.1, 0.15) is 23.1 Å². The Kier molecular flexibility index (Phi) is 7.23. The fourth-order valence-corrected chi connectivity index (χ4v) is 5.54. The van der Waals surface area contributed by atoms with Crippen molar-refractivity contribution in [1.82, 2.24) is 5.32 Å². The van der Waals surface area contributed by atoms with E-state index in [1.54, 1.807) is 23.8 Å². The summed E-state index contributed by atoms with van der Waals surface area (Å²) in [6, 6.07) is 11.3. The van der Waals surface area contributed by atoms with Gasteiger partial charge in [-0.25, -0.2) is 4.99 Å². The average molecular weight is 475 g/mol. The third kappa shape index (κ3) is 5.43. The molecule has 5 nitrogen and oxygen atoms in total. The van der Waals surface area contributed by atoms with Crippen molar-refractivity contribution in [2.45, 2.75) is 46.6 Å². The molecule has 4 rings (SSSR count). The SMILES string of the molecule is C#CCOc1ccccc1C=Nc1sc2c(c1C(=O)NCc1ccco1)CC[C@@H](C(C)(C)C)C2. The summed E-state index contributed by atoms with van der Waals surface area (Å²) in [5.74, 6) is 4.33. The van der Waals surface area contributed by atoms with Gasteiger partial charge >= 0.3 is 0 Å². The summed E-state index contributed by atoms with van der Waals surface area (Å²) in [6.45, 7) is 7.40. The minimum absolute atomic E-state index is 0.118. The standard InChI is InChI=1S/C28H30N2O3S/c1-5-14-33-23-11-7-6-9-19(23)17-30-27-25(26(31)29-18-21-10-8-15-32-21)22-13-12-20(28(2,3)4)16-24(22)34-27/h1,6-11,15,17,20H,12-14,16,18H2,2-4H3,(H,29,31)/t20-/m1/s1. The summed E-state index contributed by atoms with van der Waals surface area (Å²) >= 11 is 1.62. The second-order valence-electron chi connectivity index (χ2n) is 9.54. The molecule has 2 heterocycles. The first kappa shape index (κ1) is 23.8. The van der Waals surface area contributed by atoms with Crippen LogP contribution in [0.2, 0.25) is 0 Å². The Bertz CT molecular complexity index is 1210. The van der Waals surface area contributed by atoms with Crippen molar-refractivity contribution < 1.29 is 13.9 Å². The van der Waals surface area contributed by atoms with Gasteiger partial charge in [0.05, 0.1) is 18.4 Å². The van der Waals surface area contributed by atoms with Crippen LogP contribution in [0.4, 0.5) is 5.00 Å². The largest absolute Gasteiger partial charge is 0.480 e. The minimum atomic E-state index is -0.118. The van der Waals surface area contributed by atoms with Crippen molar-refractivity contribution in [1.29, 1.82) is 0 Å². The lowest BCUT2D eigenvalue weighted by molar-refractivity contribution is 0.0947. The number of nitrogens with zero attached hydrogens (tertiary/aromatic N) is 1. The number of benzene rings is 1. The van der Waals surface area contributed by atoms with Gasteiger partial charge in [0, 0.05) is 16.7 Å². The Hall–Kier alpha value is -3.30. The molecule has 0 fully saturated rings. The molecule has 1 amide bonds. The van der Waals surface area contributed by atoms with Gasteiger partial charge in [-0.3, -0.25) is 4.79 Å². The number of hydrogen-bond donors (Lipinski definition) is 1. The predicted molar refractivity (Wildman–Crippen MR) is 137 cm³/mol. The summed E-state index contributed by atoms with van der Waals surface area (Å²) in [4.78, 5) is 19.4. The van der Waals surface area contributed by atoms with Crippen LogP contribution in [0.25, 0.3) is 0 Å². The van der Waals surface area contributed by atoms with Crippen LogP contribution in [0.15, 0.2) is 52.1 Å². The van der Waals surface area contributed by atoms with Crippen LogP contribution in [0.5, 0.6) is 5.75 Å². The molecular formula is C28H30N2O3S. The molecule has 0 spiro atoms. The number of amides is 1. The first-order chi connectivity index (χ1) is 16.4. The molecule has 0 bridgehead atoms. The molecule has 0 unspecified atom stereocenters. The molecule has 1 aliphatic rings. The van der Waals surface area contributed by atoms with E-state index in [1.165, 1.54) is 4.88 Å². The normalized spacial score (nSPS) is 15.6. The van der Waals surface area contributed by atoms with Crippen LogP contribution in [0.3, 0.4) is 0 Å². The van der Waals surface area contributed by atoms with Crippen LogP contribution < -0.4 is 10.1 Å². The maximum atomic E-state index is 13.3. The fourth-order valence-electron chi connectivity index (χ4n) is 4.27. The van der Waals surface area contributed by atoms with Crippen molar-refractivity contribution in [2.75, 3.05) is 6.61 Å². The van der Waals surface area contributed by atoms with Crippen molar-refractivity contribution in [3.05, 3.63) is 70.0 Å². The number of para-hydroxylation sites is 1. The summed E-state index contributed by atoms with van der Waals surface area (Å²) in [6.07, 6.45) is 11.6. The topological polar surface area (TPSA) is 63.8 Å². The van der Waals surface area contributed by atoms with E-state index in [9.17, 15) is 4.79 Å². The predicted octanol–water partition coefficient (Wildman–Crippen LogP) is 6.18. The van der Waals surface area contributed by atoms with Crippen LogP contribution in [0, 0.1) is 23.7 Å². The van der Waals surface area contributed by atoms with Crippen molar-refractivity contribution in [3.8, 4) is 18.1 Å². The maximum absolute atomic E-state index is 13.3. The second-order valence-corrected chi connectivity index (χ2v) is 10.6. The van der Waals surface area contributed by atoms with E-state index in [4.69, 9.17) is 20.6 Å². The summed E-state index contributed by atoms with van der Waals surface area (Å²) < 4.78 is 11.0. The van der Waals surface area contributed by atoms with Crippen molar-refractivity contribution in [2.24, 2.45) is 16.3 Å². The molecule has 0 saturated heterocycles. The van der Waals surface area contributed by atoms with Gasteiger partial charge in [0.2, 0.25) is 0 Å². The molecule has 0 aliphatic heterocycles. The van der Waals surface area contributed by atoms with E-state index in [0.29, 0.717) is 23.8 Å². The molecule has 1 aliphatic carbocycles. The number of hydrogen-bond acceptors (Lipinski definition) is 5. The number of carbonyl (C=O) groups is 1. The number of furan rings is 1. The van der Waals surface area contributed by atoms with Gasteiger partial charge in [0.15, 0.2) is 0 Å². The molecule has 34 heavy (non-hydrogen) atoms. The van der Waals surface area contributed by atoms with E-state index < -0.39 is 0 Å². The smallest absolute Gasteiger partial charge is 0.255 e. The number of rotatable bonds is 7. The van der Waals surface area contributed by atoms with E-state index >= 15 is 0 Å². The summed E-state index contributed by atoms with van der Waals surface area (Å²) in [5.41, 5.74) is 2.85. The number of thiophene rings is 1. The Balaban J connectivity index is 1.66. The molecule has 0 saturated carbocycles. The van der Waals surface area contributed by atoms with Crippen molar-refractivity contribution in [3.63, 3.8) is 0 Å². The molecule has 1 atom stereocenters. The molecule has 3 aromatic rings. The summed E-state index contributed by atoms with van der Waals surface area (Å²) in [5, 5.41) is 3.74. The van der Waals surface area contributed by atoms with Crippen molar-refractivity contribution >= 4 is 28.5 Å². The quantitative estimate of drug-likeness (QED) is 0.328. The van der Waals surface area contributed by atoms with E-state index in [1.807, 2.05) is 36.4 Å². The molecule has 1 aromatic carbocycles. The molecular weight excluding hydrogens is 444 g/mol. The number of fused-ring (bicyclic) bond motifs is 1. The third-order valence-electron chi connectivity index (χ3n) is 6.25. The molecule has 176 valence electrons. The highest BCUT2D eigenvalue weighted by Gasteiger charge is 2.33. The lowest BCUT2D eigenvalue weighted by Crippen LogP contribution is -2.28. The zero-order chi connectivity index (χ0) is 24.1. The van der Waals surface area contributed by atoms with Gasteiger partial charge in [-0.05, 0) is 60.4 Å². The summed E-state index contributed by atoms with van der Waals surface area (Å²) in [7, 11) is 0. The number of aliphatic imine (C=N–C) groups is 1. The zero-order valence-electron chi connectivity index (χ0n) is 19.9. The first-order valence-electron chi connectivity index (χ1n) is 11.5. The monoisotopic (exact) mass is 474 g/mol. The van der Waals surface area contributed by atoms with Crippen LogP contribution >= 0.6 is 11.3 Å². The molecule has 6 heteroatoms. The van der Waals surface area contributed by atoms with Gasteiger partial charge in [-0.1, -0.05) is 38.8 Å². The second kappa shape index (κ2) is 10.3. The number of carbonyl (C=O) groups excluding carboxylic acids is 1. The lowest BCUT2D eigenvalue weighted by atomic mass is 9.72. The highest BCUT2D eigenvalue weighted by Crippen LogP contribution is 2.45. The van der Waals surface area contributed by atoms with E-state index in [0.717, 1.165) is 41.2 Å². The first-order valence-corrected chi connectivity index (χ1v) is 12.3. The average Bonchev–Trinajstić information content (AvgIpc) is 3.47. The third-order valence-corrected chi connectivity index (χ3v) is 7.42. The lowest BCUT2D eigenvalue weighted by Gasteiger charge is -2.33. The minimum Gasteiger partial charge on any atom is -0.480 e. The zero-order valence-corrected chi connectivity index (χ0v) is 20.7. The number of nitrogens with one attached hydrogen (secondary N) is 1. The van der Waals surface area contributed by atoms with Gasteiger partial charge in [-0.2, -0.15) is 0 Å². The Labute approximate surface area is 205 Å². The maximum Gasteiger partial charge on any atom is 0.255 e. The van der Waals surface area contributed by atoms with Crippen LogP contribution in [-0.4, -0.2) is 18.7 Å². The molecule has 0 radical (unpaired) electrons. The van der Waals surface area contributed by atoms with Crippen LogP contribution in [0.1, 0.15) is 59.3 Å². The van der Waals surface area contributed by atoms with Crippen LogP contribution in [-0.2, 0) is 19.4 Å². The Morgan fingerprint density at radius 3 is 2.88 bits per heavy atom. The van der Waals surface area contributed by atoms with E-state index in [2.05, 4.69) is 32.0 Å². The van der Waals surface area contributed by atoms with Gasteiger partial charge in [0.25, 0.3) is 5.91 Å². The van der Waals surface area contributed by atoms with Gasteiger partial charge < -0.3 is 14.5 Å². The Morgan fingerprint density at radius 2 is 2.15 bits per heavy atom. The Morgan fingerprint density at radius 1 is 1.32 bits per heavy atom. The molecule has 1 N–H and O–H groups in total. The number of ether oxygens (including phenoxy) is 1. The molecule has 2 aromatic heterocycles. The van der Waals surface area contributed by atoms with E-state index in [-0.39, 0.29) is 17.9 Å². The highest BCUT2D eigenvalue weighted by atomic mass is 32.1. The number of terminal acetylenes is 1. The van der Waals surface area contributed by atoms with Gasteiger partial charge in [-0.15, -0.1) is 17.8 Å². The highest BCUT2D eigenvalue weighted by molar-refractivity contribution is 7.16.